The van der Waals surface area contributed by atoms with Crippen molar-refractivity contribution in [3.8, 4) is 0 Å². The van der Waals surface area contributed by atoms with Crippen molar-refractivity contribution in [1.29, 1.82) is 0 Å². The van der Waals surface area contributed by atoms with Crippen molar-refractivity contribution in [1.82, 2.24) is 15.4 Å². The van der Waals surface area contributed by atoms with Crippen molar-refractivity contribution < 1.29 is 18.0 Å². The molecule has 0 aliphatic heterocycles. The predicted molar refractivity (Wildman–Crippen MR) is 65.3 cm³/mol. The predicted octanol–water partition coefficient (Wildman–Crippen LogP) is 2.29. The topological polar surface area (TPSA) is 66.9 Å². The van der Waals surface area contributed by atoms with Gasteiger partial charge in [-0.2, -0.15) is 13.2 Å². The molecule has 1 aliphatic rings. The monoisotopic (exact) mass is 288 g/mol. The maximum atomic E-state index is 12.7. The molecule has 1 fully saturated rings. The average molecular weight is 288 g/mol. The molecule has 1 heterocycles. The smallest absolute Gasteiger partial charge is 0.273 e. The Labute approximate surface area is 114 Å². The van der Waals surface area contributed by atoms with Crippen LogP contribution in [0.15, 0.2) is 18.5 Å². The summed E-state index contributed by atoms with van der Waals surface area (Å²) in [6, 6.07) is 1.61. The number of halogens is 3. The van der Waals surface area contributed by atoms with E-state index in [2.05, 4.69) is 20.8 Å². The molecule has 1 aromatic rings. The van der Waals surface area contributed by atoms with Crippen molar-refractivity contribution in [2.24, 2.45) is 11.8 Å². The first-order valence-corrected chi connectivity index (χ1v) is 6.36. The second kappa shape index (κ2) is 6.06. The molecule has 2 atom stereocenters. The molecule has 0 aromatic carbocycles. The fourth-order valence-corrected chi connectivity index (χ4v) is 2.31. The minimum Gasteiger partial charge on any atom is -0.273 e. The molecule has 8 heteroatoms. The Morgan fingerprint density at radius 2 is 1.95 bits per heavy atom. The summed E-state index contributed by atoms with van der Waals surface area (Å²) in [6.07, 6.45) is -0.437. The van der Waals surface area contributed by atoms with Crippen molar-refractivity contribution >= 4 is 11.9 Å². The molecule has 2 unspecified atom stereocenters. The van der Waals surface area contributed by atoms with E-state index >= 15 is 0 Å². The summed E-state index contributed by atoms with van der Waals surface area (Å²) in [6.45, 7) is 0. The van der Waals surface area contributed by atoms with Crippen LogP contribution in [0.2, 0.25) is 0 Å². The number of anilines is 1. The van der Waals surface area contributed by atoms with Crippen molar-refractivity contribution in [3.05, 3.63) is 18.5 Å². The summed E-state index contributed by atoms with van der Waals surface area (Å²) < 4.78 is 38.0. The number of carbonyl (C=O) groups is 1. The van der Waals surface area contributed by atoms with Gasteiger partial charge in [0, 0.05) is 18.3 Å². The molecule has 1 aliphatic carbocycles. The second-order valence-corrected chi connectivity index (χ2v) is 4.79. The first-order valence-electron chi connectivity index (χ1n) is 6.36. The summed E-state index contributed by atoms with van der Waals surface area (Å²) in [7, 11) is 0. The zero-order valence-electron chi connectivity index (χ0n) is 10.7. The molecule has 1 aromatic heterocycles. The van der Waals surface area contributed by atoms with Gasteiger partial charge < -0.3 is 0 Å². The van der Waals surface area contributed by atoms with Gasteiger partial charge in [0.2, 0.25) is 11.9 Å². The minimum absolute atomic E-state index is 0.0997. The van der Waals surface area contributed by atoms with Gasteiger partial charge in [-0.25, -0.2) is 9.97 Å². The van der Waals surface area contributed by atoms with E-state index in [0.717, 1.165) is 0 Å². The largest absolute Gasteiger partial charge is 0.391 e. The van der Waals surface area contributed by atoms with Gasteiger partial charge in [-0.3, -0.25) is 15.6 Å². The molecule has 5 nitrogen and oxygen atoms in total. The quantitative estimate of drug-likeness (QED) is 0.837. The molecule has 2 N–H and O–H groups in total. The standard InChI is InChI=1S/C12H15F3N4O/c13-12(14,15)9-4-1-3-8(7-9)10(20)18-19-11-16-5-2-6-17-11/h2,5-6,8-9H,1,3-4,7H2,(H,18,20)(H,16,17,19). The Hall–Kier alpha value is -1.86. The van der Waals surface area contributed by atoms with Gasteiger partial charge in [0.1, 0.15) is 0 Å². The summed E-state index contributed by atoms with van der Waals surface area (Å²) >= 11 is 0. The third-order valence-corrected chi connectivity index (χ3v) is 3.37. The molecular weight excluding hydrogens is 273 g/mol. The zero-order chi connectivity index (χ0) is 14.6. The summed E-state index contributed by atoms with van der Waals surface area (Å²) in [4.78, 5) is 19.5. The van der Waals surface area contributed by atoms with E-state index < -0.39 is 23.9 Å². The lowest BCUT2D eigenvalue weighted by atomic mass is 9.80. The number of amides is 1. The first kappa shape index (κ1) is 14.5. The Balaban J connectivity index is 1.86. The molecule has 2 rings (SSSR count). The third-order valence-electron chi connectivity index (χ3n) is 3.37. The highest BCUT2D eigenvalue weighted by atomic mass is 19.4. The Kier molecular flexibility index (Phi) is 4.41. The Morgan fingerprint density at radius 1 is 1.25 bits per heavy atom. The normalized spacial score (nSPS) is 23.1. The van der Waals surface area contributed by atoms with Gasteiger partial charge in [0.25, 0.3) is 0 Å². The number of hydrazine groups is 1. The van der Waals surface area contributed by atoms with Crippen LogP contribution in [-0.2, 0) is 4.79 Å². The van der Waals surface area contributed by atoms with Crippen LogP contribution < -0.4 is 10.9 Å². The van der Waals surface area contributed by atoms with E-state index in [1.807, 2.05) is 0 Å². The summed E-state index contributed by atoms with van der Waals surface area (Å²) in [5.74, 6) is -2.28. The molecule has 0 bridgehead atoms. The fourth-order valence-electron chi connectivity index (χ4n) is 2.31. The lowest BCUT2D eigenvalue weighted by molar-refractivity contribution is -0.186. The van der Waals surface area contributed by atoms with Crippen LogP contribution >= 0.6 is 0 Å². The number of nitrogens with zero attached hydrogens (tertiary/aromatic N) is 2. The molecular formula is C12H15F3N4O. The van der Waals surface area contributed by atoms with Crippen LogP contribution in [0.5, 0.6) is 0 Å². The van der Waals surface area contributed by atoms with E-state index in [0.29, 0.717) is 12.8 Å². The van der Waals surface area contributed by atoms with Crippen LogP contribution in [-0.4, -0.2) is 22.1 Å². The molecule has 20 heavy (non-hydrogen) atoms. The number of alkyl halides is 3. The molecule has 1 saturated carbocycles. The Morgan fingerprint density at radius 3 is 2.60 bits per heavy atom. The van der Waals surface area contributed by atoms with Crippen LogP contribution in [0.3, 0.4) is 0 Å². The summed E-state index contributed by atoms with van der Waals surface area (Å²) in [5, 5.41) is 0. The van der Waals surface area contributed by atoms with Gasteiger partial charge in [-0.1, -0.05) is 6.42 Å². The van der Waals surface area contributed by atoms with Gasteiger partial charge in [0.05, 0.1) is 5.92 Å². The lowest BCUT2D eigenvalue weighted by Gasteiger charge is -2.29. The summed E-state index contributed by atoms with van der Waals surface area (Å²) in [5.41, 5.74) is 4.85. The van der Waals surface area contributed by atoms with Gasteiger partial charge in [0.15, 0.2) is 0 Å². The number of hydrogen-bond donors (Lipinski definition) is 2. The second-order valence-electron chi connectivity index (χ2n) is 4.79. The Bertz CT molecular complexity index is 452. The van der Waals surface area contributed by atoms with Crippen molar-refractivity contribution in [2.45, 2.75) is 31.9 Å². The number of carbonyl (C=O) groups excluding carboxylic acids is 1. The average Bonchev–Trinajstić information content (AvgIpc) is 2.45. The SMILES string of the molecule is O=C(NNc1ncccn1)C1CCCC(C(F)(F)F)C1. The van der Waals surface area contributed by atoms with Crippen LogP contribution in [0.4, 0.5) is 19.1 Å². The van der Waals surface area contributed by atoms with E-state index in [-0.39, 0.29) is 18.8 Å². The number of nitrogens with one attached hydrogen (secondary N) is 2. The number of aromatic nitrogens is 2. The van der Waals surface area contributed by atoms with E-state index in [1.54, 1.807) is 6.07 Å². The highest BCUT2D eigenvalue weighted by molar-refractivity contribution is 5.79. The van der Waals surface area contributed by atoms with Gasteiger partial charge in [-0.05, 0) is 25.3 Å². The number of hydrogen-bond acceptors (Lipinski definition) is 4. The molecule has 110 valence electrons. The minimum atomic E-state index is -4.23. The number of rotatable bonds is 3. The first-order chi connectivity index (χ1) is 9.47. The molecule has 0 radical (unpaired) electrons. The maximum absolute atomic E-state index is 12.7. The van der Waals surface area contributed by atoms with Crippen LogP contribution in [0.1, 0.15) is 25.7 Å². The maximum Gasteiger partial charge on any atom is 0.391 e. The third kappa shape index (κ3) is 3.82. The molecule has 0 saturated heterocycles. The van der Waals surface area contributed by atoms with E-state index in [9.17, 15) is 18.0 Å². The van der Waals surface area contributed by atoms with E-state index in [1.165, 1.54) is 12.4 Å². The highest BCUT2D eigenvalue weighted by Gasteiger charge is 2.43. The van der Waals surface area contributed by atoms with E-state index in [4.69, 9.17) is 0 Å². The van der Waals surface area contributed by atoms with Crippen molar-refractivity contribution in [2.75, 3.05) is 5.43 Å². The molecule has 1 amide bonds. The van der Waals surface area contributed by atoms with Crippen LogP contribution in [0, 0.1) is 11.8 Å². The highest BCUT2D eigenvalue weighted by Crippen LogP contribution is 2.39. The van der Waals surface area contributed by atoms with Crippen LogP contribution in [0.25, 0.3) is 0 Å². The zero-order valence-corrected chi connectivity index (χ0v) is 10.7. The fraction of sp³-hybridized carbons (Fsp3) is 0.583. The lowest BCUT2D eigenvalue weighted by Crippen LogP contribution is -2.40. The van der Waals surface area contributed by atoms with Crippen molar-refractivity contribution in [3.63, 3.8) is 0 Å². The van der Waals surface area contributed by atoms with Gasteiger partial charge in [-0.15, -0.1) is 0 Å². The molecule has 0 spiro atoms. The van der Waals surface area contributed by atoms with Gasteiger partial charge >= 0.3 is 6.18 Å².